The number of carbonyl (C=O) groups excluding carboxylic acids is 1. The lowest BCUT2D eigenvalue weighted by atomic mass is 9.84. The van der Waals surface area contributed by atoms with Crippen LogP contribution in [-0.2, 0) is 10.2 Å². The van der Waals surface area contributed by atoms with Crippen LogP contribution in [0.2, 0.25) is 0 Å². The molecule has 0 radical (unpaired) electrons. The molecule has 1 aliphatic rings. The SMILES string of the molecule is COc1ccc(/C=N/n2cnnc2SCC(=O)c2cc(N3CCOCC3)c(OC)c(C(C)(C)C)c2)cc1OC. The maximum atomic E-state index is 13.4. The number of ether oxygens (including phenoxy) is 4. The molecule has 1 aliphatic heterocycles. The van der Waals surface area contributed by atoms with E-state index >= 15 is 0 Å². The second-order valence-corrected chi connectivity index (χ2v) is 10.9. The number of ketones is 1. The summed E-state index contributed by atoms with van der Waals surface area (Å²) in [5.74, 6) is 2.22. The first-order valence-corrected chi connectivity index (χ1v) is 13.6. The Bertz CT molecular complexity index is 1330. The second-order valence-electron chi connectivity index (χ2n) is 9.95. The van der Waals surface area contributed by atoms with Gasteiger partial charge in [-0.3, -0.25) is 4.79 Å². The van der Waals surface area contributed by atoms with Crippen LogP contribution in [0.15, 0.2) is 46.9 Å². The highest BCUT2D eigenvalue weighted by Crippen LogP contribution is 2.40. The number of benzene rings is 2. The number of methoxy groups -OCH3 is 3. The van der Waals surface area contributed by atoms with Gasteiger partial charge in [0, 0.05) is 24.2 Å². The van der Waals surface area contributed by atoms with Gasteiger partial charge in [0.1, 0.15) is 12.1 Å². The zero-order valence-corrected chi connectivity index (χ0v) is 24.1. The highest BCUT2D eigenvalue weighted by molar-refractivity contribution is 7.99. The molecule has 2 heterocycles. The summed E-state index contributed by atoms with van der Waals surface area (Å²) in [7, 11) is 4.86. The molecule has 0 saturated carbocycles. The minimum atomic E-state index is -0.213. The summed E-state index contributed by atoms with van der Waals surface area (Å²) >= 11 is 1.29. The Labute approximate surface area is 233 Å². The average Bonchev–Trinajstić information content (AvgIpc) is 3.41. The molecule has 1 saturated heterocycles. The number of nitrogens with zero attached hydrogens (tertiary/aromatic N) is 5. The van der Waals surface area contributed by atoms with Crippen LogP contribution >= 0.6 is 11.8 Å². The van der Waals surface area contributed by atoms with Gasteiger partial charge in [-0.1, -0.05) is 32.5 Å². The number of hydrogen-bond acceptors (Lipinski definition) is 10. The highest BCUT2D eigenvalue weighted by Gasteiger charge is 2.27. The molecule has 0 aliphatic carbocycles. The van der Waals surface area contributed by atoms with E-state index in [2.05, 4.69) is 41.0 Å². The van der Waals surface area contributed by atoms with Crippen LogP contribution in [0.3, 0.4) is 0 Å². The Hall–Kier alpha value is -3.57. The molecule has 2 aromatic carbocycles. The molecule has 0 spiro atoms. The van der Waals surface area contributed by atoms with E-state index in [-0.39, 0.29) is 17.0 Å². The van der Waals surface area contributed by atoms with Crippen LogP contribution < -0.4 is 19.1 Å². The molecule has 0 unspecified atom stereocenters. The first-order valence-electron chi connectivity index (χ1n) is 12.6. The Morgan fingerprint density at radius 3 is 2.49 bits per heavy atom. The van der Waals surface area contributed by atoms with E-state index in [0.29, 0.717) is 35.4 Å². The number of morpholine rings is 1. The van der Waals surface area contributed by atoms with Crippen molar-refractivity contribution in [3.05, 3.63) is 53.3 Å². The monoisotopic (exact) mass is 553 g/mol. The molecular weight excluding hydrogens is 518 g/mol. The molecule has 39 heavy (non-hydrogen) atoms. The number of rotatable bonds is 10. The number of hydrogen-bond donors (Lipinski definition) is 0. The fourth-order valence-corrected chi connectivity index (χ4v) is 5.01. The Morgan fingerprint density at radius 1 is 1.08 bits per heavy atom. The van der Waals surface area contributed by atoms with Crippen LogP contribution in [0.25, 0.3) is 0 Å². The van der Waals surface area contributed by atoms with Crippen LogP contribution in [0.4, 0.5) is 5.69 Å². The lowest BCUT2D eigenvalue weighted by Crippen LogP contribution is -2.37. The third-order valence-electron chi connectivity index (χ3n) is 6.33. The topological polar surface area (TPSA) is 100 Å². The summed E-state index contributed by atoms with van der Waals surface area (Å²) in [6.45, 7) is 9.13. The molecule has 10 nitrogen and oxygen atoms in total. The van der Waals surface area contributed by atoms with Crippen molar-refractivity contribution in [2.24, 2.45) is 5.10 Å². The van der Waals surface area contributed by atoms with Gasteiger partial charge in [-0.05, 0) is 41.3 Å². The van der Waals surface area contributed by atoms with Gasteiger partial charge in [-0.25, -0.2) is 0 Å². The molecular formula is C28H35N5O5S. The third kappa shape index (κ3) is 6.72. The fraction of sp³-hybridized carbons (Fsp3) is 0.429. The molecule has 4 rings (SSSR count). The number of aromatic nitrogens is 3. The van der Waals surface area contributed by atoms with Crippen molar-refractivity contribution in [2.75, 3.05) is 58.3 Å². The summed E-state index contributed by atoms with van der Waals surface area (Å²) < 4.78 is 23.6. The predicted molar refractivity (Wildman–Crippen MR) is 152 cm³/mol. The maximum Gasteiger partial charge on any atom is 0.212 e. The van der Waals surface area contributed by atoms with Crippen molar-refractivity contribution in [2.45, 2.75) is 31.3 Å². The standard InChI is InChI=1S/C28H35N5O5S/c1-28(2,3)21-14-20(15-22(26(21)37-6)32-9-11-38-12-10-32)23(34)17-39-27-31-29-18-33(27)30-16-19-7-8-24(35-4)25(13-19)36-5/h7-8,13-16,18H,9-12,17H2,1-6H3/b30-16+. The molecule has 0 atom stereocenters. The lowest BCUT2D eigenvalue weighted by Gasteiger charge is -2.33. The van der Waals surface area contributed by atoms with Gasteiger partial charge in [-0.2, -0.15) is 9.78 Å². The molecule has 3 aromatic rings. The van der Waals surface area contributed by atoms with E-state index in [9.17, 15) is 4.79 Å². The summed E-state index contributed by atoms with van der Waals surface area (Å²) in [4.78, 5) is 15.7. The highest BCUT2D eigenvalue weighted by atomic mass is 32.2. The predicted octanol–water partition coefficient (Wildman–Crippen LogP) is 4.30. The van der Waals surface area contributed by atoms with Gasteiger partial charge in [0.15, 0.2) is 17.3 Å². The molecule has 0 amide bonds. The second kappa shape index (κ2) is 12.5. The molecule has 0 bridgehead atoms. The first-order chi connectivity index (χ1) is 18.7. The molecule has 11 heteroatoms. The van der Waals surface area contributed by atoms with Gasteiger partial charge in [0.2, 0.25) is 5.16 Å². The van der Waals surface area contributed by atoms with E-state index in [1.807, 2.05) is 30.3 Å². The van der Waals surface area contributed by atoms with Gasteiger partial charge in [0.05, 0.1) is 52.2 Å². The quantitative estimate of drug-likeness (QED) is 0.207. The third-order valence-corrected chi connectivity index (χ3v) is 7.26. The lowest BCUT2D eigenvalue weighted by molar-refractivity contribution is 0.102. The zero-order chi connectivity index (χ0) is 28.0. The van der Waals surface area contributed by atoms with Gasteiger partial charge in [-0.15, -0.1) is 10.2 Å². The average molecular weight is 554 g/mol. The number of carbonyl (C=O) groups is 1. The fourth-order valence-electron chi connectivity index (χ4n) is 4.25. The van der Waals surface area contributed by atoms with E-state index in [1.165, 1.54) is 18.1 Å². The minimum Gasteiger partial charge on any atom is -0.494 e. The van der Waals surface area contributed by atoms with Gasteiger partial charge >= 0.3 is 0 Å². The van der Waals surface area contributed by atoms with Crippen LogP contribution in [0.5, 0.6) is 17.2 Å². The number of thioether (sulfide) groups is 1. The van der Waals surface area contributed by atoms with Crippen molar-refractivity contribution < 1.29 is 23.7 Å². The van der Waals surface area contributed by atoms with E-state index in [1.54, 1.807) is 32.2 Å². The maximum absolute atomic E-state index is 13.4. The van der Waals surface area contributed by atoms with Crippen LogP contribution in [0.1, 0.15) is 42.3 Å². The molecule has 208 valence electrons. The Balaban J connectivity index is 1.54. The molecule has 0 N–H and O–H groups in total. The van der Waals surface area contributed by atoms with E-state index < -0.39 is 0 Å². The van der Waals surface area contributed by atoms with Gasteiger partial charge < -0.3 is 23.8 Å². The summed E-state index contributed by atoms with van der Waals surface area (Å²) in [6.07, 6.45) is 3.18. The van der Waals surface area contributed by atoms with Gasteiger partial charge in [0.25, 0.3) is 0 Å². The van der Waals surface area contributed by atoms with Crippen molar-refractivity contribution in [3.63, 3.8) is 0 Å². The molecule has 1 aromatic heterocycles. The van der Waals surface area contributed by atoms with Crippen molar-refractivity contribution >= 4 is 29.4 Å². The van der Waals surface area contributed by atoms with Crippen LogP contribution in [-0.4, -0.2) is 80.3 Å². The smallest absolute Gasteiger partial charge is 0.212 e. The Morgan fingerprint density at radius 2 is 1.82 bits per heavy atom. The summed E-state index contributed by atoms with van der Waals surface area (Å²) in [5.41, 5.74) is 3.15. The summed E-state index contributed by atoms with van der Waals surface area (Å²) in [5, 5.41) is 13.1. The summed E-state index contributed by atoms with van der Waals surface area (Å²) in [6, 6.07) is 9.39. The van der Waals surface area contributed by atoms with Crippen LogP contribution in [0, 0.1) is 0 Å². The minimum absolute atomic E-state index is 0.0129. The first kappa shape index (κ1) is 28.4. The molecule has 1 fully saturated rings. The van der Waals surface area contributed by atoms with E-state index in [0.717, 1.165) is 35.7 Å². The normalized spacial score (nSPS) is 14.1. The van der Waals surface area contributed by atoms with E-state index in [4.69, 9.17) is 18.9 Å². The van der Waals surface area contributed by atoms with Crippen molar-refractivity contribution in [1.82, 2.24) is 14.9 Å². The van der Waals surface area contributed by atoms with Crippen molar-refractivity contribution in [1.29, 1.82) is 0 Å². The number of Topliss-reactive ketones (excluding diaryl/α,β-unsaturated/α-hetero) is 1. The van der Waals surface area contributed by atoms with Crippen molar-refractivity contribution in [3.8, 4) is 17.2 Å². The largest absolute Gasteiger partial charge is 0.494 e. The number of anilines is 1. The zero-order valence-electron chi connectivity index (χ0n) is 23.3. The Kier molecular flexibility index (Phi) is 9.13.